The highest BCUT2D eigenvalue weighted by Gasteiger charge is 2.21. The molecule has 11 nitrogen and oxygen atoms in total. The van der Waals surface area contributed by atoms with E-state index < -0.39 is 27.1 Å². The first kappa shape index (κ1) is 23.7. The van der Waals surface area contributed by atoms with Crippen LogP contribution < -0.4 is 16.0 Å². The summed E-state index contributed by atoms with van der Waals surface area (Å²) in [7, 11) is 0. The molecule has 1 aliphatic rings. The lowest BCUT2D eigenvalue weighted by atomic mass is 9.95. The Balaban J connectivity index is 1.65. The van der Waals surface area contributed by atoms with Crippen molar-refractivity contribution in [3.63, 3.8) is 0 Å². The minimum atomic E-state index is -0.856. The number of benzene rings is 2. The molecule has 0 aliphatic heterocycles. The van der Waals surface area contributed by atoms with Crippen molar-refractivity contribution in [2.75, 3.05) is 5.32 Å². The molecule has 0 bridgehead atoms. The van der Waals surface area contributed by atoms with E-state index in [1.165, 1.54) is 6.42 Å². The van der Waals surface area contributed by atoms with E-state index in [1.807, 2.05) is 0 Å². The summed E-state index contributed by atoms with van der Waals surface area (Å²) in [6.07, 6.45) is 5.27. The number of nitro groups is 2. The zero-order chi connectivity index (χ0) is 24.0. The van der Waals surface area contributed by atoms with Gasteiger partial charge in [0.05, 0.1) is 21.5 Å². The summed E-state index contributed by atoms with van der Waals surface area (Å²) in [6, 6.07) is 9.30. The van der Waals surface area contributed by atoms with Crippen LogP contribution in [0.25, 0.3) is 0 Å². The van der Waals surface area contributed by atoms with Crippen molar-refractivity contribution in [2.45, 2.75) is 38.1 Å². The maximum absolute atomic E-state index is 12.5. The number of carbonyl (C=O) groups is 2. The second kappa shape index (κ2) is 10.6. The summed E-state index contributed by atoms with van der Waals surface area (Å²) in [5.41, 5.74) is -0.605. The second-order valence-corrected chi connectivity index (χ2v) is 7.96. The third kappa shape index (κ3) is 6.53. The average molecular weight is 471 g/mol. The summed E-state index contributed by atoms with van der Waals surface area (Å²) < 4.78 is 0. The molecular formula is C21H21N5O6S. The van der Waals surface area contributed by atoms with Crippen molar-refractivity contribution in [3.8, 4) is 0 Å². The topological polar surface area (TPSA) is 157 Å². The molecule has 0 radical (unpaired) electrons. The van der Waals surface area contributed by atoms with Crippen LogP contribution in [0.3, 0.4) is 0 Å². The van der Waals surface area contributed by atoms with Crippen molar-refractivity contribution in [2.24, 2.45) is 0 Å². The highest BCUT2D eigenvalue weighted by molar-refractivity contribution is 7.80. The molecule has 1 saturated carbocycles. The van der Waals surface area contributed by atoms with Gasteiger partial charge in [-0.05, 0) is 43.3 Å². The third-order valence-electron chi connectivity index (χ3n) is 5.14. The van der Waals surface area contributed by atoms with Crippen LogP contribution in [0.1, 0.15) is 52.8 Å². The molecule has 33 heavy (non-hydrogen) atoms. The Kier molecular flexibility index (Phi) is 7.61. The lowest BCUT2D eigenvalue weighted by Gasteiger charge is -2.22. The number of carbonyl (C=O) groups excluding carboxylic acids is 2. The Morgan fingerprint density at radius 3 is 2.12 bits per heavy atom. The van der Waals surface area contributed by atoms with Crippen LogP contribution in [0.15, 0.2) is 42.5 Å². The molecule has 0 spiro atoms. The number of amides is 2. The maximum atomic E-state index is 12.5. The van der Waals surface area contributed by atoms with E-state index >= 15 is 0 Å². The Bertz CT molecular complexity index is 1080. The Morgan fingerprint density at radius 2 is 1.52 bits per heavy atom. The second-order valence-electron chi connectivity index (χ2n) is 7.55. The fourth-order valence-corrected chi connectivity index (χ4v) is 3.74. The van der Waals surface area contributed by atoms with E-state index in [1.54, 1.807) is 24.3 Å². The highest BCUT2D eigenvalue weighted by atomic mass is 32.1. The highest BCUT2D eigenvalue weighted by Crippen LogP contribution is 2.23. The number of anilines is 1. The van der Waals surface area contributed by atoms with Crippen LogP contribution in [0.2, 0.25) is 0 Å². The number of non-ortho nitro benzene ring substituents is 2. The molecule has 2 aromatic rings. The van der Waals surface area contributed by atoms with E-state index in [0.29, 0.717) is 11.3 Å². The van der Waals surface area contributed by atoms with Crippen LogP contribution in [0, 0.1) is 20.2 Å². The number of hydrogen-bond donors (Lipinski definition) is 3. The molecule has 12 heteroatoms. The monoisotopic (exact) mass is 471 g/mol. The van der Waals surface area contributed by atoms with Gasteiger partial charge in [-0.15, -0.1) is 0 Å². The zero-order valence-electron chi connectivity index (χ0n) is 17.4. The quantitative estimate of drug-likeness (QED) is 0.327. The molecule has 0 atom stereocenters. The van der Waals surface area contributed by atoms with Gasteiger partial charge in [0.2, 0.25) is 0 Å². The minimum Gasteiger partial charge on any atom is -0.349 e. The smallest absolute Gasteiger partial charge is 0.277 e. The average Bonchev–Trinajstić information content (AvgIpc) is 2.79. The normalized spacial score (nSPS) is 13.6. The predicted octanol–water partition coefficient (Wildman–Crippen LogP) is 3.69. The van der Waals surface area contributed by atoms with Gasteiger partial charge in [-0.3, -0.25) is 35.1 Å². The predicted molar refractivity (Wildman–Crippen MR) is 124 cm³/mol. The number of nitro benzene ring substituents is 2. The van der Waals surface area contributed by atoms with Gasteiger partial charge in [-0.2, -0.15) is 0 Å². The summed E-state index contributed by atoms with van der Waals surface area (Å²) in [5.74, 6) is -1.06. The fraction of sp³-hybridized carbons (Fsp3) is 0.286. The molecule has 0 aromatic heterocycles. The molecule has 0 unspecified atom stereocenters. The van der Waals surface area contributed by atoms with Crippen molar-refractivity contribution in [1.82, 2.24) is 10.6 Å². The SMILES string of the molecule is O=C(NC(=S)Nc1cccc(C(=O)NC2CCCCC2)c1)c1cc([N+](=O)[O-])cc([N+](=O)[O-])c1. The molecule has 1 fully saturated rings. The lowest BCUT2D eigenvalue weighted by molar-refractivity contribution is -0.394. The van der Waals surface area contributed by atoms with Gasteiger partial charge in [0.25, 0.3) is 23.2 Å². The Morgan fingerprint density at radius 1 is 0.879 bits per heavy atom. The van der Waals surface area contributed by atoms with Gasteiger partial charge < -0.3 is 10.6 Å². The summed E-state index contributed by atoms with van der Waals surface area (Å²) in [6.45, 7) is 0. The number of rotatable bonds is 6. The first-order valence-corrected chi connectivity index (χ1v) is 10.6. The number of thiocarbonyl (C=S) groups is 1. The number of hydrogen-bond acceptors (Lipinski definition) is 7. The van der Waals surface area contributed by atoms with E-state index in [4.69, 9.17) is 12.2 Å². The molecule has 172 valence electrons. The largest absolute Gasteiger partial charge is 0.349 e. The molecule has 3 N–H and O–H groups in total. The standard InChI is InChI=1S/C21H21N5O6S/c27-19(22-15-6-2-1-3-7-15)13-5-4-8-16(9-13)23-21(33)24-20(28)14-10-17(25(29)30)12-18(11-14)26(31)32/h4-5,8-12,15H,1-3,6-7H2,(H,22,27)(H2,23,24,28,33). The zero-order valence-corrected chi connectivity index (χ0v) is 18.2. The molecule has 3 rings (SSSR count). The van der Waals surface area contributed by atoms with Crippen molar-refractivity contribution in [1.29, 1.82) is 0 Å². The van der Waals surface area contributed by atoms with Gasteiger partial charge in [0.15, 0.2) is 5.11 Å². The van der Waals surface area contributed by atoms with Gasteiger partial charge in [0, 0.05) is 29.4 Å². The van der Waals surface area contributed by atoms with E-state index in [9.17, 15) is 29.8 Å². The molecule has 2 aromatic carbocycles. The molecule has 2 amide bonds. The van der Waals surface area contributed by atoms with Crippen LogP contribution in [-0.2, 0) is 0 Å². The number of nitrogens with one attached hydrogen (secondary N) is 3. The Hall–Kier alpha value is -3.93. The van der Waals surface area contributed by atoms with Gasteiger partial charge in [-0.1, -0.05) is 25.3 Å². The molecule has 0 heterocycles. The Labute approximate surface area is 193 Å². The summed E-state index contributed by atoms with van der Waals surface area (Å²) in [5, 5.41) is 30.0. The van der Waals surface area contributed by atoms with Crippen LogP contribution in [-0.4, -0.2) is 32.8 Å². The summed E-state index contributed by atoms with van der Waals surface area (Å²) >= 11 is 5.11. The van der Waals surface area contributed by atoms with Crippen molar-refractivity contribution in [3.05, 3.63) is 73.8 Å². The number of nitrogens with zero attached hydrogens (tertiary/aromatic N) is 2. The maximum Gasteiger partial charge on any atom is 0.277 e. The van der Waals surface area contributed by atoms with E-state index in [0.717, 1.165) is 43.9 Å². The van der Waals surface area contributed by atoms with Crippen LogP contribution >= 0.6 is 12.2 Å². The van der Waals surface area contributed by atoms with Crippen molar-refractivity contribution < 1.29 is 19.4 Å². The molecular weight excluding hydrogens is 450 g/mol. The van der Waals surface area contributed by atoms with Crippen LogP contribution in [0.4, 0.5) is 17.1 Å². The third-order valence-corrected chi connectivity index (χ3v) is 5.34. The first-order chi connectivity index (χ1) is 15.7. The fourth-order valence-electron chi connectivity index (χ4n) is 3.53. The van der Waals surface area contributed by atoms with Gasteiger partial charge >= 0.3 is 0 Å². The van der Waals surface area contributed by atoms with Crippen LogP contribution in [0.5, 0.6) is 0 Å². The van der Waals surface area contributed by atoms with Gasteiger partial charge in [-0.25, -0.2) is 0 Å². The van der Waals surface area contributed by atoms with Crippen molar-refractivity contribution >= 4 is 46.2 Å². The molecule has 0 saturated heterocycles. The van der Waals surface area contributed by atoms with E-state index in [-0.39, 0.29) is 22.6 Å². The van der Waals surface area contributed by atoms with Gasteiger partial charge in [0.1, 0.15) is 0 Å². The molecule has 1 aliphatic carbocycles. The van der Waals surface area contributed by atoms with E-state index in [2.05, 4.69) is 16.0 Å². The lowest BCUT2D eigenvalue weighted by Crippen LogP contribution is -2.36. The minimum absolute atomic E-state index is 0.140. The first-order valence-electron chi connectivity index (χ1n) is 10.2. The summed E-state index contributed by atoms with van der Waals surface area (Å²) in [4.78, 5) is 45.3.